The minimum Gasteiger partial charge on any atom is -0.376 e. The number of nitrogens with zero attached hydrogens (tertiary/aromatic N) is 1. The van der Waals surface area contributed by atoms with Gasteiger partial charge in [0, 0.05) is 12.7 Å². The highest BCUT2D eigenvalue weighted by Crippen LogP contribution is 2.11. The molecule has 3 nitrogen and oxygen atoms in total. The van der Waals surface area contributed by atoms with Crippen LogP contribution in [0.2, 0.25) is 0 Å². The van der Waals surface area contributed by atoms with Gasteiger partial charge in [-0.05, 0) is 52.5 Å². The smallest absolute Gasteiger partial charge is 0.106 e. The van der Waals surface area contributed by atoms with Crippen molar-refractivity contribution in [2.24, 2.45) is 5.92 Å². The summed E-state index contributed by atoms with van der Waals surface area (Å²) in [5.41, 5.74) is 1.17. The third-order valence-electron chi connectivity index (χ3n) is 2.58. The van der Waals surface area contributed by atoms with Crippen LogP contribution in [0.4, 0.5) is 0 Å². The zero-order chi connectivity index (χ0) is 10.5. The quantitative estimate of drug-likeness (QED) is 0.850. The average Bonchev–Trinajstić information content (AvgIpc) is 2.71. The molecule has 82 valence electrons. The van der Waals surface area contributed by atoms with E-state index in [9.17, 15) is 0 Å². The van der Waals surface area contributed by atoms with E-state index in [4.69, 9.17) is 4.74 Å². The zero-order valence-electron chi connectivity index (χ0n) is 8.58. The third-order valence-corrected chi connectivity index (χ3v) is 3.01. The second kappa shape index (κ2) is 5.58. The Morgan fingerprint density at radius 3 is 3.27 bits per heavy atom. The maximum Gasteiger partial charge on any atom is 0.106 e. The Labute approximate surface area is 98.4 Å². The fourth-order valence-corrected chi connectivity index (χ4v) is 2.14. The Kier molecular flexibility index (Phi) is 4.11. The Bertz CT molecular complexity index is 313. The molecule has 0 bridgehead atoms. The number of hydrogen-bond donors (Lipinski definition) is 1. The highest BCUT2D eigenvalue weighted by Gasteiger charge is 2.13. The van der Waals surface area contributed by atoms with Crippen LogP contribution in [0.15, 0.2) is 22.9 Å². The van der Waals surface area contributed by atoms with Gasteiger partial charge in [-0.3, -0.25) is 0 Å². The van der Waals surface area contributed by atoms with E-state index in [1.54, 1.807) is 6.20 Å². The number of ether oxygens (including phenoxy) is 1. The molecule has 0 spiro atoms. The Balaban J connectivity index is 1.73. The number of nitrogens with one attached hydrogen (secondary N) is 1. The molecule has 1 aliphatic heterocycles. The summed E-state index contributed by atoms with van der Waals surface area (Å²) in [5.74, 6) is 0.690. The molecule has 1 N–H and O–H groups in total. The monoisotopic (exact) mass is 270 g/mol. The molecule has 0 amide bonds. The van der Waals surface area contributed by atoms with Crippen molar-refractivity contribution < 1.29 is 4.74 Å². The van der Waals surface area contributed by atoms with Crippen LogP contribution in [0, 0.1) is 5.92 Å². The SMILES string of the molecule is Brc1cc(COC[C@H]2CCNC2)ccn1. The summed E-state index contributed by atoms with van der Waals surface area (Å²) < 4.78 is 6.54. The fourth-order valence-electron chi connectivity index (χ4n) is 1.73. The molecule has 15 heavy (non-hydrogen) atoms. The molecule has 0 saturated carbocycles. The van der Waals surface area contributed by atoms with Gasteiger partial charge in [-0.2, -0.15) is 0 Å². The molecule has 1 aromatic heterocycles. The van der Waals surface area contributed by atoms with Crippen LogP contribution in [0.1, 0.15) is 12.0 Å². The first-order chi connectivity index (χ1) is 7.34. The van der Waals surface area contributed by atoms with Crippen molar-refractivity contribution in [1.82, 2.24) is 10.3 Å². The van der Waals surface area contributed by atoms with E-state index in [2.05, 4.69) is 26.2 Å². The van der Waals surface area contributed by atoms with Crippen LogP contribution in [0.5, 0.6) is 0 Å². The van der Waals surface area contributed by atoms with E-state index in [1.807, 2.05) is 12.1 Å². The number of rotatable bonds is 4. The number of halogens is 1. The second-order valence-electron chi connectivity index (χ2n) is 3.86. The van der Waals surface area contributed by atoms with Gasteiger partial charge in [0.15, 0.2) is 0 Å². The molecule has 2 heterocycles. The molecule has 0 aromatic carbocycles. The number of pyridine rings is 1. The van der Waals surface area contributed by atoms with E-state index in [-0.39, 0.29) is 0 Å². The molecule has 1 fully saturated rings. The summed E-state index contributed by atoms with van der Waals surface area (Å²) in [4.78, 5) is 4.08. The molecule has 1 aromatic rings. The zero-order valence-corrected chi connectivity index (χ0v) is 10.2. The van der Waals surface area contributed by atoms with Crippen molar-refractivity contribution in [3.05, 3.63) is 28.5 Å². The van der Waals surface area contributed by atoms with Gasteiger partial charge in [0.05, 0.1) is 13.2 Å². The number of aromatic nitrogens is 1. The van der Waals surface area contributed by atoms with Gasteiger partial charge in [0.25, 0.3) is 0 Å². The predicted octanol–water partition coefficient (Wildman–Crippen LogP) is 1.97. The summed E-state index contributed by atoms with van der Waals surface area (Å²) in [5, 5.41) is 3.33. The first-order valence-corrected chi connectivity index (χ1v) is 6.03. The van der Waals surface area contributed by atoms with Crippen LogP contribution < -0.4 is 5.32 Å². The standard InChI is InChI=1S/C11H15BrN2O/c12-11-5-9(2-4-14-11)7-15-8-10-1-3-13-6-10/h2,4-5,10,13H,1,3,6-8H2/t10-/m0/s1. The van der Waals surface area contributed by atoms with Crippen molar-refractivity contribution in [3.63, 3.8) is 0 Å². The van der Waals surface area contributed by atoms with Gasteiger partial charge in [-0.1, -0.05) is 0 Å². The average molecular weight is 271 g/mol. The molecular formula is C11H15BrN2O. The largest absolute Gasteiger partial charge is 0.376 e. The molecule has 1 atom stereocenters. The van der Waals surface area contributed by atoms with Gasteiger partial charge < -0.3 is 10.1 Å². The normalized spacial score (nSPS) is 20.7. The molecule has 4 heteroatoms. The highest BCUT2D eigenvalue weighted by molar-refractivity contribution is 9.10. The molecule has 0 unspecified atom stereocenters. The van der Waals surface area contributed by atoms with Crippen molar-refractivity contribution in [2.45, 2.75) is 13.0 Å². The lowest BCUT2D eigenvalue weighted by Crippen LogP contribution is -2.13. The van der Waals surface area contributed by atoms with E-state index < -0.39 is 0 Å². The summed E-state index contributed by atoms with van der Waals surface area (Å²) in [6, 6.07) is 3.98. The van der Waals surface area contributed by atoms with Crippen LogP contribution in [-0.4, -0.2) is 24.7 Å². The van der Waals surface area contributed by atoms with Gasteiger partial charge >= 0.3 is 0 Å². The van der Waals surface area contributed by atoms with E-state index in [0.717, 1.165) is 24.3 Å². The Morgan fingerprint density at radius 1 is 1.60 bits per heavy atom. The van der Waals surface area contributed by atoms with Crippen molar-refractivity contribution in [1.29, 1.82) is 0 Å². The molecular weight excluding hydrogens is 256 g/mol. The van der Waals surface area contributed by atoms with Crippen molar-refractivity contribution in [2.75, 3.05) is 19.7 Å². The minimum absolute atomic E-state index is 0.678. The van der Waals surface area contributed by atoms with E-state index in [0.29, 0.717) is 12.5 Å². The summed E-state index contributed by atoms with van der Waals surface area (Å²) in [7, 11) is 0. The first kappa shape index (κ1) is 11.0. The molecule has 0 radical (unpaired) electrons. The maximum atomic E-state index is 5.67. The van der Waals surface area contributed by atoms with Gasteiger partial charge in [0.1, 0.15) is 4.60 Å². The number of hydrogen-bond acceptors (Lipinski definition) is 3. The molecule has 2 rings (SSSR count). The van der Waals surface area contributed by atoms with Crippen molar-refractivity contribution >= 4 is 15.9 Å². The van der Waals surface area contributed by atoms with E-state index in [1.165, 1.54) is 12.0 Å². The predicted molar refractivity (Wildman–Crippen MR) is 62.6 cm³/mol. The topological polar surface area (TPSA) is 34.1 Å². The third kappa shape index (κ3) is 3.55. The molecule has 0 aliphatic carbocycles. The molecule has 1 saturated heterocycles. The van der Waals surface area contributed by atoms with Gasteiger partial charge in [0.2, 0.25) is 0 Å². The molecule has 1 aliphatic rings. The first-order valence-electron chi connectivity index (χ1n) is 5.23. The van der Waals surface area contributed by atoms with E-state index >= 15 is 0 Å². The summed E-state index contributed by atoms with van der Waals surface area (Å²) in [6.45, 7) is 3.76. The lowest BCUT2D eigenvalue weighted by molar-refractivity contribution is 0.0924. The summed E-state index contributed by atoms with van der Waals surface area (Å²) in [6.07, 6.45) is 3.03. The minimum atomic E-state index is 0.678. The highest BCUT2D eigenvalue weighted by atomic mass is 79.9. The van der Waals surface area contributed by atoms with Gasteiger partial charge in [-0.15, -0.1) is 0 Å². The van der Waals surface area contributed by atoms with Gasteiger partial charge in [-0.25, -0.2) is 4.98 Å². The van der Waals surface area contributed by atoms with Crippen LogP contribution in [0.3, 0.4) is 0 Å². The second-order valence-corrected chi connectivity index (χ2v) is 4.67. The fraction of sp³-hybridized carbons (Fsp3) is 0.545. The Morgan fingerprint density at radius 2 is 2.53 bits per heavy atom. The van der Waals surface area contributed by atoms with Crippen molar-refractivity contribution in [3.8, 4) is 0 Å². The van der Waals surface area contributed by atoms with Crippen LogP contribution in [0.25, 0.3) is 0 Å². The lowest BCUT2D eigenvalue weighted by atomic mass is 10.1. The summed E-state index contributed by atoms with van der Waals surface area (Å²) >= 11 is 3.34. The van der Waals surface area contributed by atoms with Crippen LogP contribution in [-0.2, 0) is 11.3 Å². The Hall–Kier alpha value is -0.450. The lowest BCUT2D eigenvalue weighted by Gasteiger charge is -2.09. The van der Waals surface area contributed by atoms with Crippen LogP contribution >= 0.6 is 15.9 Å². The maximum absolute atomic E-state index is 5.67.